The van der Waals surface area contributed by atoms with E-state index in [-0.39, 0.29) is 37.7 Å². The van der Waals surface area contributed by atoms with E-state index in [1.807, 2.05) is 0 Å². The van der Waals surface area contributed by atoms with E-state index in [4.69, 9.17) is 0 Å². The topological polar surface area (TPSA) is 0 Å². The molecule has 0 aromatic rings. The van der Waals surface area contributed by atoms with E-state index in [2.05, 4.69) is 37.2 Å². The second kappa shape index (κ2) is 9.67. The molecule has 0 aliphatic rings. The fourth-order valence-electron chi connectivity index (χ4n) is 0. The van der Waals surface area contributed by atoms with Crippen LogP contribution in [0, 0.1) is 37.7 Å². The molecule has 0 heterocycles. The van der Waals surface area contributed by atoms with Gasteiger partial charge in [0.15, 0.2) is 0 Å². The largest absolute Gasteiger partial charge is 0 e. The van der Waals surface area contributed by atoms with Crippen molar-refractivity contribution in [2.75, 3.05) is 0 Å². The van der Waals surface area contributed by atoms with Crippen molar-refractivity contribution in [1.82, 2.24) is 0 Å². The summed E-state index contributed by atoms with van der Waals surface area (Å²) in [7, 11) is 0. The minimum absolute atomic E-state index is 0. The van der Waals surface area contributed by atoms with Gasteiger partial charge in [-0.15, -0.1) is 0 Å². The zero-order valence-electron chi connectivity index (χ0n) is 1.44. The molecule has 0 unspecified atom stereocenters. The minimum Gasteiger partial charge on any atom is 0 e. The molecule has 33 valence electrons. The molecular weight excluding hydrogens is 546 g/mol. The van der Waals surface area contributed by atoms with Gasteiger partial charge in [0.25, 0.3) is 0 Å². The summed E-state index contributed by atoms with van der Waals surface area (Å²) in [5.41, 5.74) is 0. The molecule has 0 nitrogen and oxygen atoms in total. The van der Waals surface area contributed by atoms with Gasteiger partial charge in [-0.05, 0) is 0 Å². The average molecular weight is 546 g/mol. The van der Waals surface area contributed by atoms with Crippen LogP contribution in [0.15, 0.2) is 0 Å². The second-order valence-corrected chi connectivity index (χ2v) is 16.3. The van der Waals surface area contributed by atoms with Crippen LogP contribution in [0.4, 0.5) is 0 Å². The van der Waals surface area contributed by atoms with Gasteiger partial charge in [0.2, 0.25) is 0 Å². The van der Waals surface area contributed by atoms with Gasteiger partial charge < -0.3 is 0 Å². The van der Waals surface area contributed by atoms with Gasteiger partial charge in [-0.25, -0.2) is 0 Å². The number of rotatable bonds is 0. The Morgan fingerprint density at radius 3 is 1.25 bits per heavy atom. The predicted octanol–water partition coefficient (Wildman–Crippen LogP) is -1.22. The zero-order chi connectivity index (χ0) is 2.71. The van der Waals surface area contributed by atoms with Gasteiger partial charge in [0.1, 0.15) is 0 Å². The number of halogens is 3. The van der Waals surface area contributed by atoms with Crippen molar-refractivity contribution in [3.8, 4) is 0 Å². The fraction of sp³-hybridized carbons (Fsp3) is 0. The molecule has 0 spiro atoms. The molecule has 4 heavy (non-hydrogen) atoms. The third-order valence-corrected chi connectivity index (χ3v) is 0. The Labute approximate surface area is 85.5 Å². The molecule has 0 N–H and O–H groups in total. The van der Waals surface area contributed by atoms with Crippen molar-refractivity contribution in [3.05, 3.63) is 0 Å². The van der Waals surface area contributed by atoms with Gasteiger partial charge in [0, 0.05) is 37.7 Å². The van der Waals surface area contributed by atoms with Crippen LogP contribution in [0.5, 0.6) is 0 Å². The molecule has 0 aliphatic carbocycles. The zero-order valence-corrected chi connectivity index (χ0v) is 9.84. The molecule has 0 atom stereocenters. The summed E-state index contributed by atoms with van der Waals surface area (Å²) in [6.45, 7) is 0. The van der Waals surface area contributed by atoms with Crippen molar-refractivity contribution in [2.24, 2.45) is 0 Å². The summed E-state index contributed by atoms with van der Waals surface area (Å²) in [6, 6.07) is 0. The molecule has 0 aromatic carbocycles. The first-order valence-corrected chi connectivity index (χ1v) is 12.9. The molecule has 0 saturated carbocycles. The Balaban J connectivity index is 0. The van der Waals surface area contributed by atoms with Crippen LogP contribution in [0.3, 0.4) is 0 Å². The summed E-state index contributed by atoms with van der Waals surface area (Å²) < 4.78 is 0. The van der Waals surface area contributed by atoms with E-state index in [1.165, 1.54) is 0 Å². The van der Waals surface area contributed by atoms with E-state index >= 15 is 0 Å². The molecule has 0 aromatic heterocycles. The normalized spacial score (nSPS) is 5.50. The van der Waals surface area contributed by atoms with Crippen molar-refractivity contribution in [3.63, 3.8) is 0 Å². The van der Waals surface area contributed by atoms with Crippen molar-refractivity contribution < 1.29 is 51.0 Å². The van der Waals surface area contributed by atoms with Crippen LogP contribution < -0.4 is 13.3 Å². The monoisotopic (exact) mass is 546 g/mol. The maximum Gasteiger partial charge on any atom is 0 e. The Bertz CT molecular complexity index is 3.25. The van der Waals surface area contributed by atoms with Crippen molar-refractivity contribution >= 4 is 37.2 Å². The van der Waals surface area contributed by atoms with Gasteiger partial charge >= 0.3 is 50.5 Å². The molecule has 0 saturated heterocycles. The third kappa shape index (κ3) is 9.07. The van der Waals surface area contributed by atoms with Gasteiger partial charge in [-0.1, -0.05) is 0 Å². The number of hydrogen-bond donors (Lipinski definition) is 0. The maximum absolute atomic E-state index is 2.39. The second-order valence-electron chi connectivity index (χ2n) is 0.0540. The first-order valence-electron chi connectivity index (χ1n) is 0.286. The van der Waals surface area contributed by atoms with Crippen LogP contribution in [0.25, 0.3) is 0 Å². The van der Waals surface area contributed by atoms with Crippen LogP contribution in [0.2, 0.25) is 0 Å². The Morgan fingerprint density at radius 2 is 1.25 bits per heavy atom. The van der Waals surface area contributed by atoms with Crippen LogP contribution in [-0.4, -0.2) is 0 Å². The molecular formula is HoI3-. The fourth-order valence-corrected chi connectivity index (χ4v) is 0. The molecule has 1 radical (unpaired) electrons. The molecule has 0 rings (SSSR count). The first kappa shape index (κ1) is 10.4. The molecule has 4 heteroatoms. The van der Waals surface area contributed by atoms with Crippen molar-refractivity contribution in [1.29, 1.82) is 0 Å². The Hall–Kier alpha value is 3.45. The summed E-state index contributed by atoms with van der Waals surface area (Å²) in [5.74, 6) is 0. The van der Waals surface area contributed by atoms with E-state index in [9.17, 15) is 0 Å². The Morgan fingerprint density at radius 1 is 1.25 bits per heavy atom. The summed E-state index contributed by atoms with van der Waals surface area (Å²) in [4.78, 5) is 0. The average Bonchev–Trinajstić information content (AvgIpc) is 0.918. The van der Waals surface area contributed by atoms with E-state index in [1.54, 1.807) is 0 Å². The first-order chi connectivity index (χ1) is 1.41. The predicted molar refractivity (Wildman–Crippen MR) is 28.0 cm³/mol. The van der Waals surface area contributed by atoms with E-state index < -0.39 is 0 Å². The smallest absolute Gasteiger partial charge is 0 e. The van der Waals surface area contributed by atoms with E-state index in [0.717, 1.165) is 0 Å². The standard InChI is InChI=1S/Ho.I3/c;1-3-2/q;-1. The van der Waals surface area contributed by atoms with Gasteiger partial charge in [0.05, 0.1) is 0 Å². The van der Waals surface area contributed by atoms with Gasteiger partial charge in [-0.3, -0.25) is 0 Å². The van der Waals surface area contributed by atoms with Crippen molar-refractivity contribution in [2.45, 2.75) is 0 Å². The molecule has 0 aliphatic heterocycles. The quantitative estimate of drug-likeness (QED) is 0.265. The van der Waals surface area contributed by atoms with Crippen LogP contribution in [0.1, 0.15) is 0 Å². The summed E-state index contributed by atoms with van der Waals surface area (Å²) in [5, 5.41) is 0. The SMILES string of the molecule is I[I-]I.[Ho]. The summed E-state index contributed by atoms with van der Waals surface area (Å²) in [6.07, 6.45) is 0. The molecule has 0 amide bonds. The van der Waals surface area contributed by atoms with Gasteiger partial charge in [-0.2, -0.15) is 0 Å². The minimum atomic E-state index is 0. The van der Waals surface area contributed by atoms with Crippen LogP contribution in [-0.2, 0) is 0 Å². The third-order valence-electron chi connectivity index (χ3n) is 0. The van der Waals surface area contributed by atoms with E-state index in [0.29, 0.717) is 13.3 Å². The Kier molecular flexibility index (Phi) is 25.2. The number of hydrogen-bond acceptors (Lipinski definition) is 0. The molecule has 0 bridgehead atoms. The maximum atomic E-state index is 2.39. The van der Waals surface area contributed by atoms with Crippen LogP contribution >= 0.6 is 37.2 Å². The molecule has 0 fully saturated rings. The summed E-state index contributed by atoms with van der Waals surface area (Å²) >= 11 is 5.30.